The first kappa shape index (κ1) is 17.5. The third kappa shape index (κ3) is 3.26. The summed E-state index contributed by atoms with van der Waals surface area (Å²) in [6, 6.07) is 12.2. The quantitative estimate of drug-likeness (QED) is 0.696. The van der Waals surface area contributed by atoms with Crippen LogP contribution in [0.1, 0.15) is 33.4 Å². The molecule has 3 rings (SSSR count). The van der Waals surface area contributed by atoms with E-state index in [1.54, 1.807) is 51.3 Å². The molecule has 0 unspecified atom stereocenters. The van der Waals surface area contributed by atoms with Gasteiger partial charge in [-0.2, -0.15) is 0 Å². The number of hydrogen-bond donors (Lipinski definition) is 1. The summed E-state index contributed by atoms with van der Waals surface area (Å²) in [5.74, 6) is -0.116. The standard InChI is InChI=1S/C20H19NO5/c1-4-25-20(23)14-8-6-9-15(12(14)2)21-19(22)17-11-13-7-5-10-16(24-3)18(13)26-17/h5-11H,4H2,1-3H3,(H,21,22). The van der Waals surface area contributed by atoms with Crippen LogP contribution in [0.3, 0.4) is 0 Å². The first-order valence-electron chi connectivity index (χ1n) is 8.19. The predicted molar refractivity (Wildman–Crippen MR) is 97.9 cm³/mol. The fraction of sp³-hybridized carbons (Fsp3) is 0.200. The van der Waals surface area contributed by atoms with Crippen LogP contribution < -0.4 is 10.1 Å². The first-order valence-corrected chi connectivity index (χ1v) is 8.19. The van der Waals surface area contributed by atoms with Crippen LogP contribution in [0.25, 0.3) is 11.0 Å². The van der Waals surface area contributed by atoms with Crippen molar-refractivity contribution in [3.63, 3.8) is 0 Å². The molecule has 0 atom stereocenters. The maximum atomic E-state index is 12.6. The van der Waals surface area contributed by atoms with E-state index in [2.05, 4.69) is 5.32 Å². The number of carbonyl (C=O) groups excluding carboxylic acids is 2. The van der Waals surface area contributed by atoms with E-state index in [-0.39, 0.29) is 12.4 Å². The van der Waals surface area contributed by atoms with E-state index in [0.717, 1.165) is 5.39 Å². The van der Waals surface area contributed by atoms with Crippen LogP contribution in [0.2, 0.25) is 0 Å². The second-order valence-electron chi connectivity index (χ2n) is 5.64. The third-order valence-electron chi connectivity index (χ3n) is 4.03. The fourth-order valence-electron chi connectivity index (χ4n) is 2.69. The maximum Gasteiger partial charge on any atom is 0.338 e. The van der Waals surface area contributed by atoms with Gasteiger partial charge in [-0.1, -0.05) is 18.2 Å². The van der Waals surface area contributed by atoms with Crippen LogP contribution in [0.15, 0.2) is 46.9 Å². The molecule has 134 valence electrons. The van der Waals surface area contributed by atoms with Crippen molar-refractivity contribution < 1.29 is 23.5 Å². The zero-order valence-corrected chi connectivity index (χ0v) is 14.8. The van der Waals surface area contributed by atoms with Crippen molar-refractivity contribution in [2.45, 2.75) is 13.8 Å². The third-order valence-corrected chi connectivity index (χ3v) is 4.03. The van der Waals surface area contributed by atoms with Crippen molar-refractivity contribution in [3.05, 3.63) is 59.4 Å². The van der Waals surface area contributed by atoms with Gasteiger partial charge in [0.25, 0.3) is 5.91 Å². The molecule has 0 saturated carbocycles. The summed E-state index contributed by atoms with van der Waals surface area (Å²) >= 11 is 0. The molecule has 1 aromatic heterocycles. The summed E-state index contributed by atoms with van der Waals surface area (Å²) in [5, 5.41) is 3.55. The summed E-state index contributed by atoms with van der Waals surface area (Å²) in [5.41, 5.74) is 2.08. The molecule has 0 aliphatic carbocycles. The van der Waals surface area contributed by atoms with Crippen molar-refractivity contribution in [2.75, 3.05) is 19.0 Å². The molecular formula is C20H19NO5. The smallest absolute Gasteiger partial charge is 0.338 e. The van der Waals surface area contributed by atoms with Gasteiger partial charge >= 0.3 is 5.97 Å². The monoisotopic (exact) mass is 353 g/mol. The molecule has 0 radical (unpaired) electrons. The molecule has 0 fully saturated rings. The zero-order chi connectivity index (χ0) is 18.7. The van der Waals surface area contributed by atoms with Gasteiger partial charge in [0.2, 0.25) is 0 Å². The Morgan fingerprint density at radius 3 is 2.65 bits per heavy atom. The van der Waals surface area contributed by atoms with Crippen LogP contribution in [0.4, 0.5) is 5.69 Å². The highest BCUT2D eigenvalue weighted by molar-refractivity contribution is 6.06. The number of fused-ring (bicyclic) bond motifs is 1. The Hall–Kier alpha value is -3.28. The van der Waals surface area contributed by atoms with Gasteiger partial charge in [0, 0.05) is 11.1 Å². The lowest BCUT2D eigenvalue weighted by molar-refractivity contribution is 0.0525. The fourth-order valence-corrected chi connectivity index (χ4v) is 2.69. The number of para-hydroxylation sites is 1. The average molecular weight is 353 g/mol. The van der Waals surface area contributed by atoms with Crippen LogP contribution >= 0.6 is 0 Å². The minimum Gasteiger partial charge on any atom is -0.493 e. The van der Waals surface area contributed by atoms with Gasteiger partial charge in [0.15, 0.2) is 17.1 Å². The molecule has 2 aromatic carbocycles. The number of anilines is 1. The summed E-state index contributed by atoms with van der Waals surface area (Å²) in [6.07, 6.45) is 0. The Balaban J connectivity index is 1.89. The lowest BCUT2D eigenvalue weighted by Crippen LogP contribution is -2.14. The number of furan rings is 1. The van der Waals surface area contributed by atoms with Crippen LogP contribution in [0, 0.1) is 6.92 Å². The van der Waals surface area contributed by atoms with Gasteiger partial charge in [-0.15, -0.1) is 0 Å². The number of amides is 1. The molecule has 1 heterocycles. The number of nitrogens with one attached hydrogen (secondary N) is 1. The van der Waals surface area contributed by atoms with E-state index in [4.69, 9.17) is 13.9 Å². The largest absolute Gasteiger partial charge is 0.493 e. The number of carbonyl (C=O) groups is 2. The van der Waals surface area contributed by atoms with Crippen LogP contribution in [-0.4, -0.2) is 25.6 Å². The maximum absolute atomic E-state index is 12.6. The van der Waals surface area contributed by atoms with E-state index >= 15 is 0 Å². The second kappa shape index (κ2) is 7.31. The van der Waals surface area contributed by atoms with Crippen molar-refractivity contribution in [3.8, 4) is 5.75 Å². The Kier molecular flexibility index (Phi) is 4.93. The van der Waals surface area contributed by atoms with E-state index < -0.39 is 11.9 Å². The van der Waals surface area contributed by atoms with Crippen molar-refractivity contribution in [1.29, 1.82) is 0 Å². The molecule has 0 spiro atoms. The molecule has 1 amide bonds. The highest BCUT2D eigenvalue weighted by Gasteiger charge is 2.18. The molecule has 1 N–H and O–H groups in total. The molecule has 0 aliphatic rings. The zero-order valence-electron chi connectivity index (χ0n) is 14.8. The second-order valence-corrected chi connectivity index (χ2v) is 5.64. The lowest BCUT2D eigenvalue weighted by atomic mass is 10.1. The first-order chi connectivity index (χ1) is 12.5. The number of ether oxygens (including phenoxy) is 2. The predicted octanol–water partition coefficient (Wildman–Crippen LogP) is 4.18. The summed E-state index contributed by atoms with van der Waals surface area (Å²) in [6.45, 7) is 3.79. The van der Waals surface area contributed by atoms with Crippen molar-refractivity contribution in [1.82, 2.24) is 0 Å². The Morgan fingerprint density at radius 1 is 1.15 bits per heavy atom. The minimum atomic E-state index is -0.422. The van der Waals surface area contributed by atoms with E-state index in [9.17, 15) is 9.59 Å². The molecule has 0 bridgehead atoms. The molecule has 6 heteroatoms. The van der Waals surface area contributed by atoms with Gasteiger partial charge in [0.05, 0.1) is 19.3 Å². The summed E-state index contributed by atoms with van der Waals surface area (Å²) in [4.78, 5) is 24.6. The van der Waals surface area contributed by atoms with Gasteiger partial charge in [-0.05, 0) is 43.7 Å². The van der Waals surface area contributed by atoms with Crippen molar-refractivity contribution >= 4 is 28.5 Å². The molecular weight excluding hydrogens is 334 g/mol. The molecule has 0 saturated heterocycles. The average Bonchev–Trinajstić information content (AvgIpc) is 3.08. The molecule has 6 nitrogen and oxygen atoms in total. The minimum absolute atomic E-state index is 0.158. The molecule has 0 aliphatic heterocycles. The number of hydrogen-bond acceptors (Lipinski definition) is 5. The van der Waals surface area contributed by atoms with Gasteiger partial charge in [0.1, 0.15) is 0 Å². The number of methoxy groups -OCH3 is 1. The number of rotatable bonds is 5. The lowest BCUT2D eigenvalue weighted by Gasteiger charge is -2.11. The SMILES string of the molecule is CCOC(=O)c1cccc(NC(=O)c2cc3cccc(OC)c3o2)c1C. The van der Waals surface area contributed by atoms with Gasteiger partial charge in [-0.25, -0.2) is 4.79 Å². The van der Waals surface area contributed by atoms with E-state index in [0.29, 0.717) is 28.1 Å². The summed E-state index contributed by atoms with van der Waals surface area (Å²) < 4.78 is 15.9. The topological polar surface area (TPSA) is 77.8 Å². The van der Waals surface area contributed by atoms with E-state index in [1.807, 2.05) is 12.1 Å². The van der Waals surface area contributed by atoms with Gasteiger partial charge in [-0.3, -0.25) is 4.79 Å². The Bertz CT molecular complexity index is 973. The van der Waals surface area contributed by atoms with Crippen molar-refractivity contribution in [2.24, 2.45) is 0 Å². The highest BCUT2D eigenvalue weighted by atomic mass is 16.5. The van der Waals surface area contributed by atoms with E-state index in [1.165, 1.54) is 0 Å². The highest BCUT2D eigenvalue weighted by Crippen LogP contribution is 2.29. The Labute approximate surface area is 150 Å². The normalized spacial score (nSPS) is 10.6. The van der Waals surface area contributed by atoms with Crippen LogP contribution in [0.5, 0.6) is 5.75 Å². The number of benzene rings is 2. The Morgan fingerprint density at radius 2 is 1.92 bits per heavy atom. The van der Waals surface area contributed by atoms with Crippen LogP contribution in [-0.2, 0) is 4.74 Å². The number of esters is 1. The summed E-state index contributed by atoms with van der Waals surface area (Å²) in [7, 11) is 1.54. The van der Waals surface area contributed by atoms with Gasteiger partial charge < -0.3 is 19.2 Å². The molecule has 3 aromatic rings. The molecule has 26 heavy (non-hydrogen) atoms.